The molecular weight excluding hydrogens is 339 g/mol. The summed E-state index contributed by atoms with van der Waals surface area (Å²) in [5.41, 5.74) is 1.33. The van der Waals surface area contributed by atoms with Gasteiger partial charge in [-0.05, 0) is 42.0 Å². The first-order chi connectivity index (χ1) is 10.0. The SMILES string of the molecule is O=C(O)/C=C\c1cc(Br)ccc1OCc1cccc(F)c1. The van der Waals surface area contributed by atoms with Crippen LogP contribution in [0.15, 0.2) is 53.0 Å². The molecule has 2 rings (SSSR count). The molecule has 1 N–H and O–H groups in total. The molecule has 0 aliphatic heterocycles. The summed E-state index contributed by atoms with van der Waals surface area (Å²) >= 11 is 3.32. The fourth-order valence-electron chi connectivity index (χ4n) is 1.73. The lowest BCUT2D eigenvalue weighted by molar-refractivity contribution is -0.131. The van der Waals surface area contributed by atoms with E-state index >= 15 is 0 Å². The number of rotatable bonds is 5. The van der Waals surface area contributed by atoms with E-state index in [4.69, 9.17) is 9.84 Å². The maximum atomic E-state index is 13.1. The highest BCUT2D eigenvalue weighted by atomic mass is 79.9. The number of carboxylic acids is 1. The van der Waals surface area contributed by atoms with Gasteiger partial charge in [-0.15, -0.1) is 0 Å². The number of hydrogen-bond donors (Lipinski definition) is 1. The van der Waals surface area contributed by atoms with Crippen LogP contribution in [0.25, 0.3) is 6.08 Å². The zero-order valence-corrected chi connectivity index (χ0v) is 12.5. The van der Waals surface area contributed by atoms with Gasteiger partial charge in [-0.2, -0.15) is 0 Å². The van der Waals surface area contributed by atoms with Crippen molar-refractivity contribution in [3.63, 3.8) is 0 Å². The Hall–Kier alpha value is -2.14. The van der Waals surface area contributed by atoms with E-state index in [9.17, 15) is 9.18 Å². The lowest BCUT2D eigenvalue weighted by Crippen LogP contribution is -1.97. The quantitative estimate of drug-likeness (QED) is 0.819. The van der Waals surface area contributed by atoms with Gasteiger partial charge in [0, 0.05) is 16.1 Å². The monoisotopic (exact) mass is 350 g/mol. The number of carbonyl (C=O) groups is 1. The third-order valence-electron chi connectivity index (χ3n) is 2.66. The largest absolute Gasteiger partial charge is 0.488 e. The molecule has 0 radical (unpaired) electrons. The van der Waals surface area contributed by atoms with E-state index in [1.54, 1.807) is 30.3 Å². The number of aliphatic carboxylic acids is 1. The Morgan fingerprint density at radius 1 is 1.29 bits per heavy atom. The van der Waals surface area contributed by atoms with E-state index < -0.39 is 5.97 Å². The van der Waals surface area contributed by atoms with Crippen LogP contribution >= 0.6 is 15.9 Å². The first-order valence-corrected chi connectivity index (χ1v) is 6.92. The average Bonchev–Trinajstić information content (AvgIpc) is 2.44. The Morgan fingerprint density at radius 3 is 2.81 bits per heavy atom. The van der Waals surface area contributed by atoms with Crippen molar-refractivity contribution in [2.75, 3.05) is 0 Å². The molecule has 0 spiro atoms. The van der Waals surface area contributed by atoms with Crippen LogP contribution in [0.4, 0.5) is 4.39 Å². The number of carboxylic acid groups (broad SMARTS) is 1. The van der Waals surface area contributed by atoms with Gasteiger partial charge in [-0.3, -0.25) is 0 Å². The van der Waals surface area contributed by atoms with Crippen molar-refractivity contribution in [2.24, 2.45) is 0 Å². The van der Waals surface area contributed by atoms with E-state index in [2.05, 4.69) is 15.9 Å². The number of ether oxygens (including phenoxy) is 1. The molecule has 0 bridgehead atoms. The summed E-state index contributed by atoms with van der Waals surface area (Å²) in [6.07, 6.45) is 2.49. The predicted molar refractivity (Wildman–Crippen MR) is 81.5 cm³/mol. The molecule has 0 saturated heterocycles. The van der Waals surface area contributed by atoms with Crippen LogP contribution in [0.5, 0.6) is 5.75 Å². The Kier molecular flexibility index (Phi) is 5.11. The molecule has 5 heteroatoms. The molecule has 0 amide bonds. The highest BCUT2D eigenvalue weighted by Crippen LogP contribution is 2.25. The molecule has 2 aromatic rings. The summed E-state index contributed by atoms with van der Waals surface area (Å²) in [6, 6.07) is 11.4. The van der Waals surface area contributed by atoms with E-state index in [0.717, 1.165) is 10.5 Å². The smallest absolute Gasteiger partial charge is 0.328 e. The molecule has 0 aliphatic rings. The zero-order chi connectivity index (χ0) is 15.2. The van der Waals surface area contributed by atoms with Crippen molar-refractivity contribution < 1.29 is 19.0 Å². The second kappa shape index (κ2) is 7.04. The van der Waals surface area contributed by atoms with E-state index in [1.807, 2.05) is 0 Å². The first-order valence-electron chi connectivity index (χ1n) is 6.12. The molecule has 0 saturated carbocycles. The Labute approximate surface area is 129 Å². The molecule has 0 fully saturated rings. The van der Waals surface area contributed by atoms with Gasteiger partial charge in [0.05, 0.1) is 0 Å². The molecular formula is C16H12BrFO3. The average molecular weight is 351 g/mol. The van der Waals surface area contributed by atoms with Crippen LogP contribution in [0.3, 0.4) is 0 Å². The summed E-state index contributed by atoms with van der Waals surface area (Å²) in [4.78, 5) is 10.6. The van der Waals surface area contributed by atoms with E-state index in [1.165, 1.54) is 18.2 Å². The molecule has 0 heterocycles. The van der Waals surface area contributed by atoms with Crippen LogP contribution in [0.1, 0.15) is 11.1 Å². The third-order valence-corrected chi connectivity index (χ3v) is 3.15. The van der Waals surface area contributed by atoms with Crippen molar-refractivity contribution in [1.82, 2.24) is 0 Å². The van der Waals surface area contributed by atoms with Gasteiger partial charge in [0.25, 0.3) is 0 Å². The molecule has 21 heavy (non-hydrogen) atoms. The Bertz CT molecular complexity index is 683. The maximum absolute atomic E-state index is 13.1. The maximum Gasteiger partial charge on any atom is 0.328 e. The normalized spacial score (nSPS) is 10.8. The first kappa shape index (κ1) is 15.3. The van der Waals surface area contributed by atoms with Crippen LogP contribution < -0.4 is 4.74 Å². The third kappa shape index (κ3) is 4.72. The Balaban J connectivity index is 2.17. The zero-order valence-electron chi connectivity index (χ0n) is 10.9. The predicted octanol–water partition coefficient (Wildman–Crippen LogP) is 4.27. The fourth-order valence-corrected chi connectivity index (χ4v) is 2.11. The summed E-state index contributed by atoms with van der Waals surface area (Å²) in [5, 5.41) is 8.69. The topological polar surface area (TPSA) is 46.5 Å². The highest BCUT2D eigenvalue weighted by molar-refractivity contribution is 9.10. The van der Waals surface area contributed by atoms with Gasteiger partial charge in [-0.1, -0.05) is 28.1 Å². The lowest BCUT2D eigenvalue weighted by atomic mass is 10.2. The molecule has 3 nitrogen and oxygen atoms in total. The van der Waals surface area contributed by atoms with Gasteiger partial charge in [0.1, 0.15) is 18.2 Å². The van der Waals surface area contributed by atoms with Gasteiger partial charge < -0.3 is 9.84 Å². The minimum Gasteiger partial charge on any atom is -0.488 e. The minimum atomic E-state index is -1.04. The lowest BCUT2D eigenvalue weighted by Gasteiger charge is -2.10. The Morgan fingerprint density at radius 2 is 2.10 bits per heavy atom. The molecule has 2 aromatic carbocycles. The van der Waals surface area contributed by atoms with E-state index in [0.29, 0.717) is 16.9 Å². The van der Waals surface area contributed by atoms with Gasteiger partial charge >= 0.3 is 5.97 Å². The summed E-state index contributed by atoms with van der Waals surface area (Å²) in [6.45, 7) is 0.202. The van der Waals surface area contributed by atoms with Crippen molar-refractivity contribution >= 4 is 28.0 Å². The van der Waals surface area contributed by atoms with Crippen molar-refractivity contribution in [2.45, 2.75) is 6.61 Å². The highest BCUT2D eigenvalue weighted by Gasteiger charge is 2.04. The second-order valence-corrected chi connectivity index (χ2v) is 5.19. The van der Waals surface area contributed by atoms with E-state index in [-0.39, 0.29) is 12.4 Å². The van der Waals surface area contributed by atoms with Crippen molar-refractivity contribution in [1.29, 1.82) is 0 Å². The number of hydrogen-bond acceptors (Lipinski definition) is 2. The molecule has 0 unspecified atom stereocenters. The fraction of sp³-hybridized carbons (Fsp3) is 0.0625. The molecule has 108 valence electrons. The van der Waals surface area contributed by atoms with Crippen LogP contribution in [0, 0.1) is 5.82 Å². The summed E-state index contributed by atoms with van der Waals surface area (Å²) in [5.74, 6) is -0.830. The van der Waals surface area contributed by atoms with Gasteiger partial charge in [-0.25, -0.2) is 9.18 Å². The van der Waals surface area contributed by atoms with Crippen molar-refractivity contribution in [3.05, 3.63) is 70.0 Å². The number of halogens is 2. The van der Waals surface area contributed by atoms with Crippen molar-refractivity contribution in [3.8, 4) is 5.75 Å². The summed E-state index contributed by atoms with van der Waals surface area (Å²) in [7, 11) is 0. The minimum absolute atomic E-state index is 0.202. The molecule has 0 atom stereocenters. The molecule has 0 aromatic heterocycles. The molecule has 0 aliphatic carbocycles. The second-order valence-electron chi connectivity index (χ2n) is 4.27. The summed E-state index contributed by atoms with van der Waals surface area (Å²) < 4.78 is 19.5. The van der Waals surface area contributed by atoms with Gasteiger partial charge in [0.2, 0.25) is 0 Å². The number of benzene rings is 2. The van der Waals surface area contributed by atoms with Crippen LogP contribution in [0.2, 0.25) is 0 Å². The standard InChI is InChI=1S/C16H12BrFO3/c17-13-5-6-15(12(9-13)4-7-16(19)20)21-10-11-2-1-3-14(18)8-11/h1-9H,10H2,(H,19,20)/b7-4-. The van der Waals surface area contributed by atoms with Crippen LogP contribution in [-0.4, -0.2) is 11.1 Å². The van der Waals surface area contributed by atoms with Crippen LogP contribution in [-0.2, 0) is 11.4 Å². The van der Waals surface area contributed by atoms with Gasteiger partial charge in [0.15, 0.2) is 0 Å².